The molecule has 106 heavy (non-hydrogen) atoms. The largest absolute Gasteiger partial charge is 0.465 e. The molecule has 0 spiro atoms. The second kappa shape index (κ2) is 37.7. The van der Waals surface area contributed by atoms with Crippen molar-refractivity contribution in [1.29, 1.82) is 0 Å². The van der Waals surface area contributed by atoms with Gasteiger partial charge in [-0.05, 0) is 0 Å². The molecule has 0 aliphatic carbocycles. The summed E-state index contributed by atoms with van der Waals surface area (Å²) in [4.78, 5) is 40.4. The van der Waals surface area contributed by atoms with Crippen LogP contribution < -0.4 is 14.2 Å². The van der Waals surface area contributed by atoms with Crippen LogP contribution in [0.15, 0.2) is 49.8 Å². The average molecular weight is 1710 g/mol. The normalized spacial score (nSPS) is 34.7. The zero-order chi connectivity index (χ0) is 80.4. The van der Waals surface area contributed by atoms with Gasteiger partial charge in [-0.1, -0.05) is 38.0 Å². The molecular formula is C43H67N3O52S8. The molecule has 0 radical (unpaired) electrons. The Morgan fingerprint density at radius 2 is 0.698 bits per heavy atom. The van der Waals surface area contributed by atoms with E-state index in [4.69, 9.17) is 66.1 Å². The van der Waals surface area contributed by atoms with Gasteiger partial charge in [-0.3, -0.25) is 36.4 Å². The maximum atomic E-state index is 14.1. The molecule has 0 aromatic carbocycles. The number of ether oxygens (including phenoxy) is 13. The van der Waals surface area contributed by atoms with Crippen molar-refractivity contribution in [1.82, 2.24) is 14.2 Å². The number of carbonyl (C=O) groups is 3. The highest BCUT2D eigenvalue weighted by molar-refractivity contribution is 7.84. The lowest BCUT2D eigenvalue weighted by Gasteiger charge is -2.50. The van der Waals surface area contributed by atoms with Crippen LogP contribution in [0.4, 0.5) is 0 Å². The van der Waals surface area contributed by atoms with Crippen molar-refractivity contribution in [3.8, 4) is 0 Å². The van der Waals surface area contributed by atoms with Crippen molar-refractivity contribution in [3.63, 3.8) is 0 Å². The van der Waals surface area contributed by atoms with E-state index in [1.54, 1.807) is 0 Å². The van der Waals surface area contributed by atoms with Crippen molar-refractivity contribution in [2.45, 2.75) is 153 Å². The zero-order valence-corrected chi connectivity index (χ0v) is 58.9. The summed E-state index contributed by atoms with van der Waals surface area (Å²) in [7, 11) is -46.9. The quantitative estimate of drug-likeness (QED) is 0.00679. The van der Waals surface area contributed by atoms with Crippen LogP contribution in [0, 0.1) is 0 Å². The van der Waals surface area contributed by atoms with Crippen molar-refractivity contribution in [2.75, 3.05) is 46.2 Å². The van der Waals surface area contributed by atoms with E-state index >= 15 is 0 Å². The second-order valence-electron chi connectivity index (χ2n) is 21.4. The number of esters is 3. The monoisotopic (exact) mass is 1710 g/mol. The highest BCUT2D eigenvalue weighted by Gasteiger charge is 2.62. The van der Waals surface area contributed by atoms with Crippen LogP contribution in [-0.4, -0.2) is 357 Å². The molecule has 0 amide bonds. The summed E-state index contributed by atoms with van der Waals surface area (Å²) in [5.74, 6) is -6.14. The van der Waals surface area contributed by atoms with Crippen LogP contribution in [0.2, 0.25) is 0 Å². The minimum Gasteiger partial charge on any atom is -0.465 e. The average Bonchev–Trinajstić information content (AvgIpc) is 0.762. The van der Waals surface area contributed by atoms with Crippen LogP contribution in [0.3, 0.4) is 0 Å². The fourth-order valence-corrected chi connectivity index (χ4v) is 13.6. The molecule has 0 bridgehead atoms. The SMILES string of the molecule is C=CCOC(=O)/C=C(\CO)OC1OC(COS(=O)(=O)O)C(OC2OC(C(=O)OCC=C)C(OC3OC(COS(=O)(=O)O)C(OC4OC(C(=O)OCC=C)C(OC5OC(COS(=O)(=O)O)C(O)C(O)C5NS(=O)(=O)O)C(O)C4OS(=O)(=O)O)C(O)C3NS(=O)(=O)O)C(O)C2OS(=O)(=O)O)C(O)C1NS(=O)(=O)O. The van der Waals surface area contributed by atoms with E-state index in [1.165, 1.54) is 14.2 Å². The summed E-state index contributed by atoms with van der Waals surface area (Å²) in [6.07, 6.45) is -61.4. The number of nitrogens with one attached hydrogen (secondary N) is 3. The molecule has 614 valence electrons. The van der Waals surface area contributed by atoms with Crippen LogP contribution >= 0.6 is 0 Å². The Morgan fingerprint density at radius 1 is 0.377 bits per heavy atom. The maximum Gasteiger partial charge on any atom is 0.397 e. The van der Waals surface area contributed by atoms with Gasteiger partial charge in [-0.25, -0.2) is 35.3 Å². The summed E-state index contributed by atoms with van der Waals surface area (Å²) < 4.78 is 370. The molecule has 0 aromatic rings. The third kappa shape index (κ3) is 28.4. The molecule has 63 heteroatoms. The van der Waals surface area contributed by atoms with E-state index in [-0.39, 0.29) is 0 Å². The molecule has 5 aliphatic heterocycles. The van der Waals surface area contributed by atoms with Crippen LogP contribution in [0.5, 0.6) is 0 Å². The van der Waals surface area contributed by atoms with Crippen molar-refractivity contribution in [3.05, 3.63) is 49.8 Å². The first-order chi connectivity index (χ1) is 48.6. The van der Waals surface area contributed by atoms with Crippen molar-refractivity contribution >= 4 is 101 Å². The Bertz CT molecular complexity index is 4050. The van der Waals surface area contributed by atoms with Gasteiger partial charge in [0.15, 0.2) is 49.6 Å². The van der Waals surface area contributed by atoms with Crippen molar-refractivity contribution in [2.24, 2.45) is 0 Å². The maximum absolute atomic E-state index is 14.1. The van der Waals surface area contributed by atoms with Crippen molar-refractivity contribution < 1.29 is 236 Å². The minimum absolute atomic E-state index is 0.369. The molecule has 18 N–H and O–H groups in total. The van der Waals surface area contributed by atoms with E-state index in [0.717, 1.165) is 18.2 Å². The Labute approximate surface area is 597 Å². The number of hydrogen-bond donors (Lipinski definition) is 18. The van der Waals surface area contributed by atoms with E-state index in [0.29, 0.717) is 6.08 Å². The summed E-state index contributed by atoms with van der Waals surface area (Å²) in [6.45, 7) is 0.947. The fourth-order valence-electron chi connectivity index (χ4n) is 9.88. The highest BCUT2D eigenvalue weighted by atomic mass is 32.3. The van der Waals surface area contributed by atoms with Crippen LogP contribution in [-0.2, 0) is 180 Å². The Kier molecular flexibility index (Phi) is 32.7. The molecule has 5 aliphatic rings. The predicted molar refractivity (Wildman–Crippen MR) is 319 cm³/mol. The summed E-state index contributed by atoms with van der Waals surface area (Å²) >= 11 is 0. The summed E-state index contributed by atoms with van der Waals surface area (Å²) in [6, 6.07) is -8.36. The van der Waals surface area contributed by atoms with Gasteiger partial charge in [0.05, 0.1) is 25.9 Å². The molecule has 25 unspecified atom stereocenters. The molecule has 55 nitrogen and oxygen atoms in total. The topological polar surface area (TPSA) is 830 Å². The Hall–Kier alpha value is -4.51. The van der Waals surface area contributed by atoms with Gasteiger partial charge in [0.25, 0.3) is 0 Å². The van der Waals surface area contributed by atoms with Crippen LogP contribution in [0.25, 0.3) is 0 Å². The molecule has 25 atom stereocenters. The highest BCUT2D eigenvalue weighted by Crippen LogP contribution is 2.39. The summed E-state index contributed by atoms with van der Waals surface area (Å²) in [5, 5.41) is 79.9. The molecule has 0 aromatic heterocycles. The van der Waals surface area contributed by atoms with Gasteiger partial charge in [-0.2, -0.15) is 81.5 Å². The molecule has 5 fully saturated rings. The van der Waals surface area contributed by atoms with Crippen LogP contribution in [0.1, 0.15) is 0 Å². The summed E-state index contributed by atoms with van der Waals surface area (Å²) in [5.41, 5.74) is 0. The van der Waals surface area contributed by atoms with Gasteiger partial charge in [0.2, 0.25) is 6.29 Å². The zero-order valence-electron chi connectivity index (χ0n) is 52.4. The first-order valence-electron chi connectivity index (χ1n) is 28.3. The lowest BCUT2D eigenvalue weighted by atomic mass is 9.94. The number of aliphatic hydroxyl groups is 7. The van der Waals surface area contributed by atoms with E-state index in [9.17, 15) is 149 Å². The van der Waals surface area contributed by atoms with Gasteiger partial charge < -0.3 is 97.3 Å². The number of rotatable bonds is 39. The lowest BCUT2D eigenvalue weighted by molar-refractivity contribution is -0.373. The smallest absolute Gasteiger partial charge is 0.397 e. The minimum atomic E-state index is -6.22. The Morgan fingerprint density at radius 3 is 1.04 bits per heavy atom. The predicted octanol–water partition coefficient (Wildman–Crippen LogP) is -12.5. The number of hydrogen-bond acceptors (Lipinski definition) is 44. The van der Waals surface area contributed by atoms with Gasteiger partial charge in [0.1, 0.15) is 130 Å². The molecule has 0 saturated carbocycles. The number of aliphatic hydroxyl groups excluding tert-OH is 7. The Balaban J connectivity index is 1.67. The number of carbonyl (C=O) groups excluding carboxylic acids is 3. The van der Waals surface area contributed by atoms with E-state index < -0.39 is 306 Å². The molecule has 5 rings (SSSR count). The lowest BCUT2D eigenvalue weighted by Crippen LogP contribution is -2.71. The van der Waals surface area contributed by atoms with Gasteiger partial charge in [-0.15, -0.1) is 0 Å². The van der Waals surface area contributed by atoms with Gasteiger partial charge in [0, 0.05) is 0 Å². The van der Waals surface area contributed by atoms with E-state index in [2.05, 4.69) is 40.7 Å². The third-order valence-electron chi connectivity index (χ3n) is 13.9. The first kappa shape index (κ1) is 92.1. The third-order valence-corrected chi connectivity index (χ3v) is 17.9. The first-order valence-corrected chi connectivity index (χ1v) is 39.4. The standard InChI is InChI=1S/C43H67N3O52S8/c1-4-7-81-19(48)10-15(11-47)87-39-21(45-100(60,61)62)25(51)29(17(89-39)13-85-103(69,70)71)91-42-34(98-106(78,79)80)28(54)32(36(96-42)38(56)83-9-6-3)94-41-22(46-101(63,64)65)26(52)30(18(90-41)14-86-104(72,73)74)92-43-33(97-105(75,76)77)27(53)31(35(95-43)37(55)82-8-5-2)93-40-20(44-99(57,58)59)24(50)23(49)16(88-40)12-84-102(66,67)68/h4-6,10,16-18,20-36,39-47,49-54H,1-3,7-9,11-14H2,(H,57,58,59)(H,60,61,62)(H,63,64,65)(H,66,67,68)(H,69,70,71)(H,72,73,74)(H,75,76,77)(H,78,79,80)/b15-10+. The van der Waals surface area contributed by atoms with E-state index in [1.807, 2.05) is 0 Å². The molecule has 5 saturated heterocycles. The fraction of sp³-hybridized carbons (Fsp3) is 0.744. The van der Waals surface area contributed by atoms with Gasteiger partial charge >= 0.3 is 101 Å². The molecule has 5 heterocycles. The molecular weight excluding hydrogens is 1650 g/mol. The second-order valence-corrected chi connectivity index (χ2v) is 30.4.